The van der Waals surface area contributed by atoms with Gasteiger partial charge in [0, 0.05) is 19.6 Å². The molecule has 0 atom stereocenters. The second-order valence-electron chi connectivity index (χ2n) is 6.05. The van der Waals surface area contributed by atoms with Crippen LogP contribution in [0.4, 0.5) is 0 Å². The van der Waals surface area contributed by atoms with Crippen LogP contribution in [0.25, 0.3) is 0 Å². The lowest BCUT2D eigenvalue weighted by molar-refractivity contribution is -0.00613. The summed E-state index contributed by atoms with van der Waals surface area (Å²) < 4.78 is 30.2. The molecule has 0 unspecified atom stereocenters. The highest BCUT2D eigenvalue weighted by atomic mass is 32.2. The molecule has 1 heterocycles. The molecule has 0 saturated carbocycles. The summed E-state index contributed by atoms with van der Waals surface area (Å²) in [7, 11) is -0.646. The lowest BCUT2D eigenvalue weighted by Gasteiger charge is -2.38. The van der Waals surface area contributed by atoms with Gasteiger partial charge in [-0.05, 0) is 39.8 Å². The molecule has 0 saturated heterocycles. The first-order valence-electron chi connectivity index (χ1n) is 6.36. The van der Waals surface area contributed by atoms with E-state index in [4.69, 9.17) is 4.42 Å². The van der Waals surface area contributed by atoms with Gasteiger partial charge in [0.05, 0.1) is 12.1 Å². The zero-order valence-corrected chi connectivity index (χ0v) is 13.7. The molecule has 2 N–H and O–H groups in total. The van der Waals surface area contributed by atoms with Crippen LogP contribution in [0, 0.1) is 0 Å². The van der Waals surface area contributed by atoms with E-state index >= 15 is 0 Å². The Kier molecular flexibility index (Phi) is 4.70. The molecule has 0 radical (unpaired) electrons. The van der Waals surface area contributed by atoms with Gasteiger partial charge in [0.15, 0.2) is 0 Å². The maximum atomic E-state index is 11.9. The molecule has 0 aliphatic rings. The maximum Gasteiger partial charge on any atom is 0.275 e. The number of rotatable bonds is 6. The summed E-state index contributed by atoms with van der Waals surface area (Å²) in [5, 5.41) is 13.1. The van der Waals surface area contributed by atoms with Crippen molar-refractivity contribution in [2.75, 3.05) is 14.1 Å². The lowest BCUT2D eigenvalue weighted by atomic mass is 9.86. The standard InChI is InChI=1S/C13H24N2O4S/c1-12(2,13(3,4)16)14-9-10-7-8-11(19-10)20(17,18)15(5)6/h7-8,14,16H,9H2,1-6H3. The molecule has 0 aliphatic heterocycles. The lowest BCUT2D eigenvalue weighted by Crippen LogP contribution is -2.55. The fourth-order valence-corrected chi connectivity index (χ4v) is 2.11. The van der Waals surface area contributed by atoms with Crippen LogP contribution < -0.4 is 5.32 Å². The second-order valence-corrected chi connectivity index (χ2v) is 8.13. The van der Waals surface area contributed by atoms with E-state index in [1.807, 2.05) is 13.8 Å². The predicted octanol–water partition coefficient (Wildman–Crippen LogP) is 1.17. The average molecular weight is 304 g/mol. The Balaban J connectivity index is 2.81. The molecular weight excluding hydrogens is 280 g/mol. The number of aliphatic hydroxyl groups is 1. The fraction of sp³-hybridized carbons (Fsp3) is 0.692. The minimum atomic E-state index is -3.55. The summed E-state index contributed by atoms with van der Waals surface area (Å²) in [6.45, 7) is 7.49. The Hall–Kier alpha value is -0.890. The van der Waals surface area contributed by atoms with E-state index in [-0.39, 0.29) is 5.09 Å². The summed E-state index contributed by atoms with van der Waals surface area (Å²) in [5.74, 6) is 0.503. The van der Waals surface area contributed by atoms with Crippen LogP contribution in [0.15, 0.2) is 21.6 Å². The Labute approximate surface area is 120 Å². The normalized spacial score (nSPS) is 14.0. The molecule has 20 heavy (non-hydrogen) atoms. The summed E-state index contributed by atoms with van der Waals surface area (Å²) >= 11 is 0. The summed E-state index contributed by atoms with van der Waals surface area (Å²) in [4.78, 5) is 0. The van der Waals surface area contributed by atoms with Gasteiger partial charge < -0.3 is 14.8 Å². The number of sulfonamides is 1. The SMILES string of the molecule is CN(C)S(=O)(=O)c1ccc(CNC(C)(C)C(C)(C)O)o1. The third kappa shape index (κ3) is 3.60. The van der Waals surface area contributed by atoms with Crippen LogP contribution >= 0.6 is 0 Å². The zero-order chi connectivity index (χ0) is 15.8. The first-order chi connectivity index (χ1) is 8.88. The quantitative estimate of drug-likeness (QED) is 0.824. The molecule has 0 aliphatic carbocycles. The van der Waals surface area contributed by atoms with Crippen molar-refractivity contribution in [3.05, 3.63) is 17.9 Å². The Bertz CT molecular complexity index is 553. The van der Waals surface area contributed by atoms with Gasteiger partial charge in [-0.15, -0.1) is 0 Å². The molecule has 6 nitrogen and oxygen atoms in total. The highest BCUT2D eigenvalue weighted by molar-refractivity contribution is 7.88. The molecule has 0 bridgehead atoms. The van der Waals surface area contributed by atoms with Crippen molar-refractivity contribution in [3.63, 3.8) is 0 Å². The van der Waals surface area contributed by atoms with E-state index in [9.17, 15) is 13.5 Å². The van der Waals surface area contributed by atoms with Crippen molar-refractivity contribution in [2.24, 2.45) is 0 Å². The monoisotopic (exact) mass is 304 g/mol. The van der Waals surface area contributed by atoms with Crippen molar-refractivity contribution in [3.8, 4) is 0 Å². The van der Waals surface area contributed by atoms with E-state index in [0.29, 0.717) is 12.3 Å². The molecule has 0 fully saturated rings. The number of hydrogen-bond donors (Lipinski definition) is 2. The molecule has 1 aromatic rings. The number of furan rings is 1. The fourth-order valence-electron chi connectivity index (χ4n) is 1.30. The van der Waals surface area contributed by atoms with E-state index in [2.05, 4.69) is 5.32 Å². The van der Waals surface area contributed by atoms with Gasteiger partial charge in [-0.3, -0.25) is 0 Å². The molecule has 7 heteroatoms. The molecule has 0 spiro atoms. The molecule has 1 aromatic heterocycles. The minimum absolute atomic E-state index is 0.0830. The van der Waals surface area contributed by atoms with E-state index in [0.717, 1.165) is 4.31 Å². The zero-order valence-electron chi connectivity index (χ0n) is 12.9. The van der Waals surface area contributed by atoms with Gasteiger partial charge in [0.2, 0.25) is 5.09 Å². The van der Waals surface area contributed by atoms with Crippen molar-refractivity contribution in [1.29, 1.82) is 0 Å². The highest BCUT2D eigenvalue weighted by Crippen LogP contribution is 2.22. The van der Waals surface area contributed by atoms with Crippen molar-refractivity contribution in [2.45, 2.75) is 50.5 Å². The molecular formula is C13H24N2O4S. The summed E-state index contributed by atoms with van der Waals surface area (Å²) in [6, 6.07) is 3.05. The van der Waals surface area contributed by atoms with E-state index in [1.54, 1.807) is 19.9 Å². The molecule has 0 aromatic carbocycles. The number of hydrogen-bond acceptors (Lipinski definition) is 5. The summed E-state index contributed by atoms with van der Waals surface area (Å²) in [6.07, 6.45) is 0. The third-order valence-corrected chi connectivity index (χ3v) is 5.30. The van der Waals surface area contributed by atoms with Gasteiger partial charge in [0.1, 0.15) is 5.76 Å². The van der Waals surface area contributed by atoms with Gasteiger partial charge in [-0.2, -0.15) is 0 Å². The predicted molar refractivity (Wildman–Crippen MR) is 76.8 cm³/mol. The van der Waals surface area contributed by atoms with E-state index in [1.165, 1.54) is 20.2 Å². The van der Waals surface area contributed by atoms with Crippen LogP contribution in [0.2, 0.25) is 0 Å². The van der Waals surface area contributed by atoms with Crippen LogP contribution in [0.3, 0.4) is 0 Å². The topological polar surface area (TPSA) is 82.8 Å². The number of nitrogens with one attached hydrogen (secondary N) is 1. The van der Waals surface area contributed by atoms with Crippen molar-refractivity contribution in [1.82, 2.24) is 9.62 Å². The Morgan fingerprint density at radius 3 is 2.25 bits per heavy atom. The van der Waals surface area contributed by atoms with Crippen LogP contribution in [-0.2, 0) is 16.6 Å². The van der Waals surface area contributed by atoms with Crippen LogP contribution in [-0.4, -0.2) is 43.1 Å². The third-order valence-electron chi connectivity index (χ3n) is 3.61. The molecule has 1 rings (SSSR count). The van der Waals surface area contributed by atoms with E-state index < -0.39 is 21.2 Å². The van der Waals surface area contributed by atoms with Crippen molar-refractivity contribution < 1.29 is 17.9 Å². The van der Waals surface area contributed by atoms with Gasteiger partial charge in [-0.25, -0.2) is 12.7 Å². The van der Waals surface area contributed by atoms with Crippen molar-refractivity contribution >= 4 is 10.0 Å². The largest absolute Gasteiger partial charge is 0.447 e. The minimum Gasteiger partial charge on any atom is -0.447 e. The van der Waals surface area contributed by atoms with Gasteiger partial charge >= 0.3 is 0 Å². The highest BCUT2D eigenvalue weighted by Gasteiger charge is 2.34. The maximum absolute atomic E-state index is 11.9. The Morgan fingerprint density at radius 2 is 1.80 bits per heavy atom. The second kappa shape index (κ2) is 5.48. The van der Waals surface area contributed by atoms with Crippen LogP contribution in [0.5, 0.6) is 0 Å². The number of nitrogens with zero attached hydrogens (tertiary/aromatic N) is 1. The first-order valence-corrected chi connectivity index (χ1v) is 7.80. The smallest absolute Gasteiger partial charge is 0.275 e. The molecule has 116 valence electrons. The Morgan fingerprint density at radius 1 is 1.25 bits per heavy atom. The average Bonchev–Trinajstić information content (AvgIpc) is 2.73. The van der Waals surface area contributed by atoms with Gasteiger partial charge in [-0.1, -0.05) is 0 Å². The first kappa shape index (κ1) is 17.2. The molecule has 0 amide bonds. The van der Waals surface area contributed by atoms with Gasteiger partial charge in [0.25, 0.3) is 10.0 Å². The van der Waals surface area contributed by atoms with Crippen LogP contribution in [0.1, 0.15) is 33.5 Å². The summed E-state index contributed by atoms with van der Waals surface area (Å²) in [5.41, 5.74) is -1.46.